The summed E-state index contributed by atoms with van der Waals surface area (Å²) in [5.74, 6) is -0.533. The van der Waals surface area contributed by atoms with Crippen molar-refractivity contribution >= 4 is 5.97 Å². The second-order valence-corrected chi connectivity index (χ2v) is 4.86. The lowest BCUT2D eigenvalue weighted by Crippen LogP contribution is -2.07. The van der Waals surface area contributed by atoms with E-state index in [4.69, 9.17) is 9.47 Å². The van der Waals surface area contributed by atoms with Gasteiger partial charge in [0.25, 0.3) is 0 Å². The van der Waals surface area contributed by atoms with Gasteiger partial charge in [0.1, 0.15) is 12.2 Å². The van der Waals surface area contributed by atoms with Crippen LogP contribution < -0.4 is 4.74 Å². The van der Waals surface area contributed by atoms with Crippen LogP contribution in [-0.4, -0.2) is 18.2 Å². The Kier molecular flexibility index (Phi) is 4.48. The van der Waals surface area contributed by atoms with E-state index in [1.54, 1.807) is 12.1 Å². The second-order valence-electron chi connectivity index (χ2n) is 4.86. The SMILES string of the molecule is COc1cccc(C(=O)OCc2cc(C)ccc2C)c1O. The van der Waals surface area contributed by atoms with Crippen LogP contribution in [0.15, 0.2) is 36.4 Å². The number of esters is 1. The van der Waals surface area contributed by atoms with E-state index in [-0.39, 0.29) is 23.7 Å². The quantitative estimate of drug-likeness (QED) is 0.875. The van der Waals surface area contributed by atoms with E-state index in [1.165, 1.54) is 13.2 Å². The molecule has 4 nitrogen and oxygen atoms in total. The fourth-order valence-electron chi connectivity index (χ4n) is 2.03. The molecule has 0 amide bonds. The Morgan fingerprint density at radius 1 is 1.19 bits per heavy atom. The normalized spacial score (nSPS) is 10.2. The standard InChI is InChI=1S/C17H18O4/c1-11-7-8-12(2)13(9-11)10-21-17(19)14-5-4-6-15(20-3)16(14)18/h4-9,18H,10H2,1-3H3. The van der Waals surface area contributed by atoms with Gasteiger partial charge in [0, 0.05) is 0 Å². The molecule has 0 aliphatic heterocycles. The number of benzene rings is 2. The van der Waals surface area contributed by atoms with E-state index in [0.717, 1.165) is 16.7 Å². The Hall–Kier alpha value is -2.49. The third kappa shape index (κ3) is 3.34. The zero-order valence-corrected chi connectivity index (χ0v) is 12.3. The predicted octanol–water partition coefficient (Wildman–Crippen LogP) is 3.37. The van der Waals surface area contributed by atoms with Crippen molar-refractivity contribution in [2.75, 3.05) is 7.11 Å². The maximum Gasteiger partial charge on any atom is 0.342 e. The van der Waals surface area contributed by atoms with Gasteiger partial charge in [-0.2, -0.15) is 0 Å². The highest BCUT2D eigenvalue weighted by atomic mass is 16.5. The number of ether oxygens (including phenoxy) is 2. The van der Waals surface area contributed by atoms with E-state index >= 15 is 0 Å². The first-order valence-electron chi connectivity index (χ1n) is 6.62. The molecular formula is C17H18O4. The molecule has 1 N–H and O–H groups in total. The van der Waals surface area contributed by atoms with Crippen LogP contribution in [0.5, 0.6) is 11.5 Å². The van der Waals surface area contributed by atoms with Gasteiger partial charge in [-0.25, -0.2) is 4.79 Å². The van der Waals surface area contributed by atoms with Crippen molar-refractivity contribution in [3.05, 3.63) is 58.7 Å². The van der Waals surface area contributed by atoms with Gasteiger partial charge < -0.3 is 14.6 Å². The van der Waals surface area contributed by atoms with Crippen molar-refractivity contribution < 1.29 is 19.4 Å². The molecule has 0 bridgehead atoms. The van der Waals surface area contributed by atoms with Crippen molar-refractivity contribution in [1.82, 2.24) is 0 Å². The first-order valence-corrected chi connectivity index (χ1v) is 6.62. The molecule has 2 aromatic carbocycles. The van der Waals surface area contributed by atoms with Gasteiger partial charge in [-0.3, -0.25) is 0 Å². The highest BCUT2D eigenvalue weighted by Gasteiger charge is 2.16. The number of phenols is 1. The molecule has 0 unspecified atom stereocenters. The van der Waals surface area contributed by atoms with Crippen molar-refractivity contribution in [3.8, 4) is 11.5 Å². The molecule has 0 heterocycles. The van der Waals surface area contributed by atoms with Gasteiger partial charge in [0.05, 0.1) is 7.11 Å². The summed E-state index contributed by atoms with van der Waals surface area (Å²) in [6, 6.07) is 10.7. The minimum absolute atomic E-state index is 0.0969. The zero-order chi connectivity index (χ0) is 15.4. The molecule has 0 fully saturated rings. The molecule has 0 aliphatic carbocycles. The van der Waals surface area contributed by atoms with Gasteiger partial charge >= 0.3 is 5.97 Å². The smallest absolute Gasteiger partial charge is 0.342 e. The molecule has 4 heteroatoms. The van der Waals surface area contributed by atoms with Gasteiger partial charge in [-0.05, 0) is 37.1 Å². The summed E-state index contributed by atoms with van der Waals surface area (Å²) in [5, 5.41) is 9.93. The van der Waals surface area contributed by atoms with Crippen molar-refractivity contribution in [2.45, 2.75) is 20.5 Å². The van der Waals surface area contributed by atoms with E-state index in [2.05, 4.69) is 0 Å². The monoisotopic (exact) mass is 286 g/mol. The minimum atomic E-state index is -0.577. The third-order valence-electron chi connectivity index (χ3n) is 3.30. The zero-order valence-electron chi connectivity index (χ0n) is 12.3. The summed E-state index contributed by atoms with van der Waals surface area (Å²) < 4.78 is 10.3. The molecule has 0 spiro atoms. The number of hydrogen-bond acceptors (Lipinski definition) is 4. The Labute approximate surface area is 123 Å². The summed E-state index contributed by atoms with van der Waals surface area (Å²) in [6.07, 6.45) is 0. The maximum absolute atomic E-state index is 12.1. The number of phenolic OH excluding ortho intramolecular Hbond substituents is 1. The van der Waals surface area contributed by atoms with Crippen LogP contribution in [0, 0.1) is 13.8 Å². The average Bonchev–Trinajstić information content (AvgIpc) is 2.48. The molecule has 0 aromatic heterocycles. The molecular weight excluding hydrogens is 268 g/mol. The van der Waals surface area contributed by atoms with Gasteiger partial charge in [-0.1, -0.05) is 29.8 Å². The number of aryl methyl sites for hydroxylation is 2. The molecule has 110 valence electrons. The van der Waals surface area contributed by atoms with Crippen LogP contribution in [0.2, 0.25) is 0 Å². The lowest BCUT2D eigenvalue weighted by atomic mass is 10.1. The summed E-state index contributed by atoms with van der Waals surface area (Å²) >= 11 is 0. The first kappa shape index (κ1) is 14.9. The predicted molar refractivity (Wildman–Crippen MR) is 79.7 cm³/mol. The number of carbonyl (C=O) groups excluding carboxylic acids is 1. The molecule has 0 radical (unpaired) electrons. The van der Waals surface area contributed by atoms with Crippen molar-refractivity contribution in [1.29, 1.82) is 0 Å². The Morgan fingerprint density at radius 3 is 2.67 bits per heavy atom. The fourth-order valence-corrected chi connectivity index (χ4v) is 2.03. The topological polar surface area (TPSA) is 55.8 Å². The Morgan fingerprint density at radius 2 is 1.95 bits per heavy atom. The minimum Gasteiger partial charge on any atom is -0.504 e. The van der Waals surface area contributed by atoms with Crippen LogP contribution in [0.25, 0.3) is 0 Å². The number of methoxy groups -OCH3 is 1. The van der Waals surface area contributed by atoms with E-state index in [1.807, 2.05) is 32.0 Å². The largest absolute Gasteiger partial charge is 0.504 e. The maximum atomic E-state index is 12.1. The summed E-state index contributed by atoms with van der Waals surface area (Å²) in [6.45, 7) is 4.12. The van der Waals surface area contributed by atoms with Crippen LogP contribution in [0.3, 0.4) is 0 Å². The molecule has 2 rings (SSSR count). The number of aromatic hydroxyl groups is 1. The molecule has 21 heavy (non-hydrogen) atoms. The summed E-state index contributed by atoms with van der Waals surface area (Å²) in [7, 11) is 1.43. The van der Waals surface area contributed by atoms with Crippen molar-refractivity contribution in [3.63, 3.8) is 0 Å². The van der Waals surface area contributed by atoms with Crippen LogP contribution in [0.1, 0.15) is 27.0 Å². The van der Waals surface area contributed by atoms with Gasteiger partial charge in [0.15, 0.2) is 11.5 Å². The highest BCUT2D eigenvalue weighted by Crippen LogP contribution is 2.30. The van der Waals surface area contributed by atoms with Gasteiger partial charge in [0.2, 0.25) is 0 Å². The molecule has 0 aliphatic rings. The van der Waals surface area contributed by atoms with Crippen LogP contribution in [-0.2, 0) is 11.3 Å². The van der Waals surface area contributed by atoms with Gasteiger partial charge in [-0.15, -0.1) is 0 Å². The average molecular weight is 286 g/mol. The lowest BCUT2D eigenvalue weighted by Gasteiger charge is -2.10. The molecule has 2 aromatic rings. The van der Waals surface area contributed by atoms with Crippen LogP contribution >= 0.6 is 0 Å². The fraction of sp³-hybridized carbons (Fsp3) is 0.235. The number of para-hydroxylation sites is 1. The van der Waals surface area contributed by atoms with Crippen molar-refractivity contribution in [2.24, 2.45) is 0 Å². The molecule has 0 saturated carbocycles. The lowest BCUT2D eigenvalue weighted by molar-refractivity contribution is 0.0468. The van der Waals surface area contributed by atoms with E-state index in [9.17, 15) is 9.90 Å². The van der Waals surface area contributed by atoms with Crippen LogP contribution in [0.4, 0.5) is 0 Å². The number of carbonyl (C=O) groups is 1. The number of hydrogen-bond donors (Lipinski definition) is 1. The first-order chi connectivity index (χ1) is 10.0. The summed E-state index contributed by atoms with van der Waals surface area (Å²) in [5.41, 5.74) is 3.21. The molecule has 0 atom stereocenters. The summed E-state index contributed by atoms with van der Waals surface area (Å²) in [4.78, 5) is 12.1. The molecule has 0 saturated heterocycles. The Bertz CT molecular complexity index is 662. The Balaban J connectivity index is 2.14. The van der Waals surface area contributed by atoms with E-state index < -0.39 is 5.97 Å². The third-order valence-corrected chi connectivity index (χ3v) is 3.30. The number of rotatable bonds is 4. The van der Waals surface area contributed by atoms with E-state index in [0.29, 0.717) is 0 Å². The highest BCUT2D eigenvalue weighted by molar-refractivity contribution is 5.93. The second kappa shape index (κ2) is 6.31.